The molecule has 3 aromatic carbocycles. The smallest absolute Gasteiger partial charge is 0.172 e. The van der Waals surface area contributed by atoms with Crippen molar-refractivity contribution < 1.29 is 14.6 Å². The minimum Gasteiger partial charge on any atom is -0.504 e. The molecule has 0 aliphatic carbocycles. The van der Waals surface area contributed by atoms with Crippen LogP contribution in [-0.4, -0.2) is 17.8 Å². The lowest BCUT2D eigenvalue weighted by Gasteiger charge is -2.35. The molecule has 0 unspecified atom stereocenters. The summed E-state index contributed by atoms with van der Waals surface area (Å²) >= 11 is 0. The van der Waals surface area contributed by atoms with Gasteiger partial charge in [0, 0.05) is 22.4 Å². The summed E-state index contributed by atoms with van der Waals surface area (Å²) in [5.74, 6) is 1.96. The molecule has 3 aromatic rings. The number of ether oxygens (including phenoxy) is 2. The van der Waals surface area contributed by atoms with E-state index in [4.69, 9.17) is 9.47 Å². The molecule has 5 rings (SSSR count). The third kappa shape index (κ3) is 3.46. The first-order valence-corrected chi connectivity index (χ1v) is 11.2. The number of hydrogen-bond acceptors (Lipinski definition) is 4. The standard InChI is InChI=1S/C29H29NO3/c1-16-7-8-17(2)19(13-16)14-24-26-20(27-23(33-24)12-11-22(31)28(27)32-6)9-10-21-25(26)18(3)15-29(4,5)30-21/h7-15,30-31H,1-6H3. The summed E-state index contributed by atoms with van der Waals surface area (Å²) in [7, 11) is 1.57. The summed E-state index contributed by atoms with van der Waals surface area (Å²) in [6.45, 7) is 10.7. The second kappa shape index (κ2) is 7.45. The summed E-state index contributed by atoms with van der Waals surface area (Å²) in [4.78, 5) is 0. The molecule has 0 radical (unpaired) electrons. The van der Waals surface area contributed by atoms with Crippen LogP contribution in [0.2, 0.25) is 0 Å². The number of benzene rings is 3. The van der Waals surface area contributed by atoms with Gasteiger partial charge >= 0.3 is 0 Å². The van der Waals surface area contributed by atoms with E-state index >= 15 is 0 Å². The van der Waals surface area contributed by atoms with Crippen molar-refractivity contribution in [2.45, 2.75) is 40.2 Å². The van der Waals surface area contributed by atoms with Crippen molar-refractivity contribution in [2.24, 2.45) is 0 Å². The van der Waals surface area contributed by atoms with Crippen LogP contribution in [-0.2, 0) is 0 Å². The lowest BCUT2D eigenvalue weighted by molar-refractivity contribution is 0.371. The van der Waals surface area contributed by atoms with Crippen molar-refractivity contribution >= 4 is 23.1 Å². The summed E-state index contributed by atoms with van der Waals surface area (Å²) in [5.41, 5.74) is 9.47. The zero-order chi connectivity index (χ0) is 23.5. The fourth-order valence-corrected chi connectivity index (χ4v) is 5.01. The molecule has 168 valence electrons. The SMILES string of the molecule is COc1c(O)ccc2c1-c1ccc3c(c1C(=Cc1cc(C)ccc1C)O2)C(C)=CC(C)(C)N3. The van der Waals surface area contributed by atoms with Gasteiger partial charge in [-0.1, -0.05) is 35.9 Å². The number of rotatable bonds is 2. The molecule has 0 spiro atoms. The van der Waals surface area contributed by atoms with E-state index in [1.165, 1.54) is 16.7 Å². The maximum Gasteiger partial charge on any atom is 0.172 e. The average molecular weight is 440 g/mol. The molecule has 0 amide bonds. The zero-order valence-corrected chi connectivity index (χ0v) is 20.0. The topological polar surface area (TPSA) is 50.7 Å². The first kappa shape index (κ1) is 21.2. The summed E-state index contributed by atoms with van der Waals surface area (Å²) in [6.07, 6.45) is 4.37. The Kier molecular flexibility index (Phi) is 4.78. The van der Waals surface area contributed by atoms with Crippen LogP contribution in [0.1, 0.15) is 48.6 Å². The van der Waals surface area contributed by atoms with Crippen LogP contribution in [0.3, 0.4) is 0 Å². The predicted octanol–water partition coefficient (Wildman–Crippen LogP) is 7.18. The van der Waals surface area contributed by atoms with E-state index in [1.54, 1.807) is 19.2 Å². The molecule has 2 aliphatic heterocycles. The minimum absolute atomic E-state index is 0.0944. The lowest BCUT2D eigenvalue weighted by atomic mass is 9.82. The number of methoxy groups -OCH3 is 1. The largest absolute Gasteiger partial charge is 0.504 e. The molecule has 0 saturated heterocycles. The van der Waals surface area contributed by atoms with Gasteiger partial charge in [-0.2, -0.15) is 0 Å². The van der Waals surface area contributed by atoms with Crippen molar-refractivity contribution in [1.29, 1.82) is 0 Å². The van der Waals surface area contributed by atoms with Crippen LogP contribution in [0.4, 0.5) is 5.69 Å². The lowest BCUT2D eigenvalue weighted by Crippen LogP contribution is -2.32. The maximum absolute atomic E-state index is 10.5. The molecular formula is C29H29NO3. The van der Waals surface area contributed by atoms with Crippen LogP contribution in [0.25, 0.3) is 28.5 Å². The second-order valence-electron chi connectivity index (χ2n) is 9.55. The number of phenolic OH excluding ortho intramolecular Hbond substituents is 1. The van der Waals surface area contributed by atoms with E-state index < -0.39 is 0 Å². The first-order chi connectivity index (χ1) is 15.7. The highest BCUT2D eigenvalue weighted by atomic mass is 16.5. The number of phenols is 1. The van der Waals surface area contributed by atoms with Crippen molar-refractivity contribution in [3.63, 3.8) is 0 Å². The number of allylic oxidation sites excluding steroid dienone is 1. The zero-order valence-electron chi connectivity index (χ0n) is 20.0. The van der Waals surface area contributed by atoms with Crippen LogP contribution in [0, 0.1) is 13.8 Å². The molecule has 2 N–H and O–H groups in total. The van der Waals surface area contributed by atoms with Crippen molar-refractivity contribution in [3.05, 3.63) is 76.4 Å². The van der Waals surface area contributed by atoms with Gasteiger partial charge in [0.05, 0.1) is 18.2 Å². The molecular weight excluding hydrogens is 410 g/mol. The van der Waals surface area contributed by atoms with Gasteiger partial charge in [-0.05, 0) is 75.6 Å². The first-order valence-electron chi connectivity index (χ1n) is 11.2. The van der Waals surface area contributed by atoms with Crippen LogP contribution >= 0.6 is 0 Å². The molecule has 0 bridgehead atoms. The monoisotopic (exact) mass is 439 g/mol. The quantitative estimate of drug-likeness (QED) is 0.444. The molecule has 33 heavy (non-hydrogen) atoms. The fourth-order valence-electron chi connectivity index (χ4n) is 5.01. The van der Waals surface area contributed by atoms with Gasteiger partial charge in [-0.25, -0.2) is 0 Å². The van der Waals surface area contributed by atoms with E-state index in [1.807, 2.05) is 0 Å². The Morgan fingerprint density at radius 1 is 0.970 bits per heavy atom. The highest BCUT2D eigenvalue weighted by Crippen LogP contribution is 2.54. The molecule has 0 saturated carbocycles. The average Bonchev–Trinajstić information content (AvgIpc) is 2.75. The van der Waals surface area contributed by atoms with E-state index in [-0.39, 0.29) is 11.3 Å². The molecule has 4 heteroatoms. The normalized spacial score (nSPS) is 16.7. The van der Waals surface area contributed by atoms with Gasteiger partial charge in [-0.3, -0.25) is 0 Å². The Labute approximate surface area is 195 Å². The van der Waals surface area contributed by atoms with Crippen molar-refractivity contribution in [3.8, 4) is 28.4 Å². The summed E-state index contributed by atoms with van der Waals surface area (Å²) in [6, 6.07) is 14.1. The Balaban J connectivity index is 1.85. The van der Waals surface area contributed by atoms with Gasteiger partial charge in [0.15, 0.2) is 11.5 Å². The number of aromatic hydroxyl groups is 1. The Morgan fingerprint density at radius 2 is 1.76 bits per heavy atom. The molecule has 0 atom stereocenters. The van der Waals surface area contributed by atoms with Crippen molar-refractivity contribution in [1.82, 2.24) is 0 Å². The van der Waals surface area contributed by atoms with Gasteiger partial charge in [0.1, 0.15) is 11.5 Å². The van der Waals surface area contributed by atoms with Crippen molar-refractivity contribution in [2.75, 3.05) is 12.4 Å². The third-order valence-electron chi connectivity index (χ3n) is 6.39. The fraction of sp³-hybridized carbons (Fsp3) is 0.241. The van der Waals surface area contributed by atoms with Crippen LogP contribution < -0.4 is 14.8 Å². The maximum atomic E-state index is 10.5. The Bertz CT molecular complexity index is 1360. The second-order valence-corrected chi connectivity index (χ2v) is 9.55. The van der Waals surface area contributed by atoms with Crippen LogP contribution in [0.5, 0.6) is 17.2 Å². The number of anilines is 1. The van der Waals surface area contributed by atoms with E-state index in [9.17, 15) is 5.11 Å². The number of hydrogen-bond donors (Lipinski definition) is 2. The van der Waals surface area contributed by atoms with Gasteiger partial charge in [0.25, 0.3) is 0 Å². The molecule has 4 nitrogen and oxygen atoms in total. The number of nitrogens with one attached hydrogen (secondary N) is 1. The van der Waals surface area contributed by atoms with Gasteiger partial charge in [-0.15, -0.1) is 0 Å². The molecule has 2 aliphatic rings. The van der Waals surface area contributed by atoms with E-state index in [2.05, 4.69) is 82.4 Å². The number of fused-ring (bicyclic) bond motifs is 5. The molecule has 0 aromatic heterocycles. The number of aryl methyl sites for hydroxylation is 2. The molecule has 0 fully saturated rings. The van der Waals surface area contributed by atoms with Gasteiger partial charge < -0.3 is 19.9 Å². The highest BCUT2D eigenvalue weighted by Gasteiger charge is 2.33. The summed E-state index contributed by atoms with van der Waals surface area (Å²) in [5, 5.41) is 14.1. The minimum atomic E-state index is -0.147. The Hall–Kier alpha value is -3.66. The van der Waals surface area contributed by atoms with E-state index in [0.29, 0.717) is 11.5 Å². The Morgan fingerprint density at radius 3 is 2.52 bits per heavy atom. The van der Waals surface area contributed by atoms with Crippen LogP contribution in [0.15, 0.2) is 48.5 Å². The predicted molar refractivity (Wildman–Crippen MR) is 136 cm³/mol. The third-order valence-corrected chi connectivity index (χ3v) is 6.39. The van der Waals surface area contributed by atoms with Gasteiger partial charge in [0.2, 0.25) is 0 Å². The highest BCUT2D eigenvalue weighted by molar-refractivity contribution is 6.02. The summed E-state index contributed by atoms with van der Waals surface area (Å²) < 4.78 is 12.1. The molecule has 2 heterocycles. The van der Waals surface area contributed by atoms with E-state index in [0.717, 1.165) is 39.3 Å².